The zero-order valence-corrected chi connectivity index (χ0v) is 22.2. The fourth-order valence-electron chi connectivity index (χ4n) is 3.69. The summed E-state index contributed by atoms with van der Waals surface area (Å²) in [6.07, 6.45) is -4.44. The maximum absolute atomic E-state index is 13.9. The molecule has 2 aromatic carbocycles. The second kappa shape index (κ2) is 12.2. The van der Waals surface area contributed by atoms with Crippen molar-refractivity contribution in [2.75, 3.05) is 6.61 Å². The minimum Gasteiger partial charge on any atom is -0.479 e. The van der Waals surface area contributed by atoms with Crippen LogP contribution in [0.25, 0.3) is 10.8 Å². The second-order valence-electron chi connectivity index (χ2n) is 10.0. The van der Waals surface area contributed by atoms with Gasteiger partial charge in [0, 0.05) is 17.6 Å². The number of hydrogen-bond donors (Lipinski definition) is 1. The molecule has 3 aromatic rings. The lowest BCUT2D eigenvalue weighted by molar-refractivity contribution is -0.156. The van der Waals surface area contributed by atoms with E-state index in [1.165, 1.54) is 26.8 Å². The molecule has 0 aliphatic rings. The first-order chi connectivity index (χ1) is 19.4. The minimum atomic E-state index is -4.74. The van der Waals surface area contributed by atoms with E-state index in [1.807, 2.05) is 0 Å². The predicted molar refractivity (Wildman–Crippen MR) is 132 cm³/mol. The quantitative estimate of drug-likeness (QED) is 0.220. The van der Waals surface area contributed by atoms with Gasteiger partial charge in [0.1, 0.15) is 24.8 Å². The van der Waals surface area contributed by atoms with Gasteiger partial charge in [0.15, 0.2) is 23.2 Å². The van der Waals surface area contributed by atoms with Crippen LogP contribution in [0.3, 0.4) is 0 Å². The number of Topliss-reactive ketones (excluding diaryl/α,β-unsaturated/α-hetero) is 1. The van der Waals surface area contributed by atoms with Crippen LogP contribution < -0.4 is 15.6 Å². The molecular formula is C27H23F7N2O6. The van der Waals surface area contributed by atoms with Crippen molar-refractivity contribution in [2.45, 2.75) is 51.6 Å². The number of rotatable bonds is 9. The number of amides is 1. The van der Waals surface area contributed by atoms with Crippen LogP contribution in [0, 0.1) is 23.3 Å². The molecule has 0 spiro atoms. The summed E-state index contributed by atoms with van der Waals surface area (Å²) in [7, 11) is 0. The van der Waals surface area contributed by atoms with Crippen molar-refractivity contribution >= 4 is 28.4 Å². The van der Waals surface area contributed by atoms with E-state index in [0.29, 0.717) is 6.07 Å². The number of carbonyl (C=O) groups is 3. The number of nitrogens with one attached hydrogen (secondary N) is 1. The summed E-state index contributed by atoms with van der Waals surface area (Å²) < 4.78 is 105. The lowest BCUT2D eigenvalue weighted by atomic mass is 10.1. The SMILES string of the molecule is CC(C)(C)OC(=O)CC(NC(=O)Cn1ccc2ccc(C(F)(F)F)cc2c1=O)C(=O)COc1c(F)c(F)cc(F)c1F. The molecule has 1 amide bonds. The Morgan fingerprint density at radius 3 is 2.14 bits per heavy atom. The Morgan fingerprint density at radius 1 is 0.952 bits per heavy atom. The van der Waals surface area contributed by atoms with Gasteiger partial charge in [0.05, 0.1) is 12.0 Å². The molecule has 0 saturated heterocycles. The average Bonchev–Trinajstić information content (AvgIpc) is 2.87. The van der Waals surface area contributed by atoms with E-state index in [9.17, 15) is 49.9 Å². The molecule has 1 N–H and O–H groups in total. The normalized spacial score (nSPS) is 12.6. The molecule has 0 saturated carbocycles. The highest BCUT2D eigenvalue weighted by Crippen LogP contribution is 2.30. The van der Waals surface area contributed by atoms with E-state index in [-0.39, 0.29) is 16.8 Å². The zero-order valence-electron chi connectivity index (χ0n) is 22.2. The smallest absolute Gasteiger partial charge is 0.416 e. The van der Waals surface area contributed by atoms with Crippen LogP contribution in [-0.2, 0) is 31.8 Å². The third-order valence-electron chi connectivity index (χ3n) is 5.56. The number of carbonyl (C=O) groups excluding carboxylic acids is 3. The van der Waals surface area contributed by atoms with Crippen molar-refractivity contribution in [1.82, 2.24) is 9.88 Å². The molecule has 1 unspecified atom stereocenters. The summed E-state index contributed by atoms with van der Waals surface area (Å²) in [4.78, 5) is 50.7. The number of halogens is 7. The van der Waals surface area contributed by atoms with Gasteiger partial charge in [-0.2, -0.15) is 22.0 Å². The van der Waals surface area contributed by atoms with Gasteiger partial charge < -0.3 is 19.4 Å². The summed E-state index contributed by atoms with van der Waals surface area (Å²) in [6, 6.07) is 1.90. The molecule has 8 nitrogen and oxygen atoms in total. The number of benzene rings is 2. The summed E-state index contributed by atoms with van der Waals surface area (Å²) in [5, 5.41) is 1.95. The van der Waals surface area contributed by atoms with Crippen LogP contribution >= 0.6 is 0 Å². The van der Waals surface area contributed by atoms with Crippen LogP contribution in [0.4, 0.5) is 30.7 Å². The number of nitrogens with zero attached hydrogens (tertiary/aromatic N) is 1. The molecule has 0 radical (unpaired) electrons. The Balaban J connectivity index is 1.83. The highest BCUT2D eigenvalue weighted by Gasteiger charge is 2.31. The third kappa shape index (κ3) is 7.85. The summed E-state index contributed by atoms with van der Waals surface area (Å²) in [6.45, 7) is 2.43. The molecule has 226 valence electrons. The molecule has 0 bridgehead atoms. The highest BCUT2D eigenvalue weighted by molar-refractivity contribution is 5.93. The van der Waals surface area contributed by atoms with Gasteiger partial charge in [-0.3, -0.25) is 19.2 Å². The van der Waals surface area contributed by atoms with Gasteiger partial charge in [-0.15, -0.1) is 0 Å². The van der Waals surface area contributed by atoms with Gasteiger partial charge in [-0.05, 0) is 44.4 Å². The van der Waals surface area contributed by atoms with Gasteiger partial charge in [0.25, 0.3) is 5.56 Å². The van der Waals surface area contributed by atoms with Crippen molar-refractivity contribution < 1.29 is 54.6 Å². The molecule has 1 atom stereocenters. The lowest BCUT2D eigenvalue weighted by Gasteiger charge is -2.22. The Bertz CT molecular complexity index is 1570. The second-order valence-corrected chi connectivity index (χ2v) is 10.0. The first-order valence-corrected chi connectivity index (χ1v) is 12.1. The fourth-order valence-corrected chi connectivity index (χ4v) is 3.69. The number of alkyl halides is 3. The number of ketones is 1. The van der Waals surface area contributed by atoms with Crippen molar-refractivity contribution in [2.24, 2.45) is 0 Å². The number of ether oxygens (including phenoxy) is 2. The fraction of sp³-hybridized carbons (Fsp3) is 0.333. The topological polar surface area (TPSA) is 104 Å². The Labute approximate surface area is 233 Å². The van der Waals surface area contributed by atoms with Crippen LogP contribution in [-0.4, -0.2) is 40.5 Å². The maximum atomic E-state index is 13.9. The average molecular weight is 604 g/mol. The van der Waals surface area contributed by atoms with Crippen LogP contribution in [0.2, 0.25) is 0 Å². The third-order valence-corrected chi connectivity index (χ3v) is 5.56. The van der Waals surface area contributed by atoms with E-state index in [4.69, 9.17) is 4.74 Å². The minimum absolute atomic E-state index is 0.0798. The van der Waals surface area contributed by atoms with Gasteiger partial charge in [0.2, 0.25) is 17.5 Å². The predicted octanol–water partition coefficient (Wildman–Crippen LogP) is 4.44. The summed E-state index contributed by atoms with van der Waals surface area (Å²) >= 11 is 0. The van der Waals surface area contributed by atoms with E-state index >= 15 is 0 Å². The van der Waals surface area contributed by atoms with E-state index < -0.39 is 95.2 Å². The molecule has 1 heterocycles. The molecule has 0 aliphatic heterocycles. The zero-order chi connectivity index (χ0) is 31.6. The van der Waals surface area contributed by atoms with Crippen LogP contribution in [0.1, 0.15) is 32.8 Å². The van der Waals surface area contributed by atoms with Crippen LogP contribution in [0.15, 0.2) is 41.3 Å². The number of esters is 1. The number of hydrogen-bond acceptors (Lipinski definition) is 6. The first kappa shape index (κ1) is 32.1. The molecule has 0 fully saturated rings. The number of aromatic nitrogens is 1. The van der Waals surface area contributed by atoms with Gasteiger partial charge in [-0.1, -0.05) is 6.07 Å². The summed E-state index contributed by atoms with van der Waals surface area (Å²) in [5.74, 6) is -12.3. The molecule has 1 aromatic heterocycles. The van der Waals surface area contributed by atoms with E-state index in [1.54, 1.807) is 0 Å². The molecule has 15 heteroatoms. The first-order valence-electron chi connectivity index (χ1n) is 12.1. The van der Waals surface area contributed by atoms with Gasteiger partial charge in [-0.25, -0.2) is 8.78 Å². The standard InChI is InChI=1S/C27H23F7N2O6/c1-26(2,3)42-21(39)10-18(19(37)12-41-24-22(30)16(28)9-17(29)23(24)31)35-20(38)11-36-7-6-13-4-5-14(27(32,33)34)8-15(13)25(36)40/h4-9,18H,10-12H2,1-3H3,(H,35,38). The van der Waals surface area contributed by atoms with E-state index in [0.717, 1.165) is 22.9 Å². The van der Waals surface area contributed by atoms with E-state index in [2.05, 4.69) is 10.1 Å². The molecular weight excluding hydrogens is 581 g/mol. The molecule has 3 rings (SSSR count). The van der Waals surface area contributed by atoms with Gasteiger partial charge >= 0.3 is 12.1 Å². The lowest BCUT2D eigenvalue weighted by Crippen LogP contribution is -2.46. The Hall–Kier alpha value is -4.43. The molecule has 0 aliphatic carbocycles. The monoisotopic (exact) mass is 604 g/mol. The van der Waals surface area contributed by atoms with Crippen molar-refractivity contribution in [3.63, 3.8) is 0 Å². The Kier molecular flexibility index (Phi) is 9.33. The Morgan fingerprint density at radius 2 is 1.57 bits per heavy atom. The summed E-state index contributed by atoms with van der Waals surface area (Å²) in [5.41, 5.74) is -3.08. The largest absolute Gasteiger partial charge is 0.479 e. The van der Waals surface area contributed by atoms with Crippen LogP contribution in [0.5, 0.6) is 5.75 Å². The van der Waals surface area contributed by atoms with Crippen molar-refractivity contribution in [3.05, 3.63) is 75.7 Å². The maximum Gasteiger partial charge on any atom is 0.416 e. The highest BCUT2D eigenvalue weighted by atomic mass is 19.4. The molecule has 42 heavy (non-hydrogen) atoms. The number of pyridine rings is 1. The number of fused-ring (bicyclic) bond motifs is 1. The van der Waals surface area contributed by atoms with Crippen molar-refractivity contribution in [1.29, 1.82) is 0 Å². The van der Waals surface area contributed by atoms with Crippen molar-refractivity contribution in [3.8, 4) is 5.75 Å².